The van der Waals surface area contributed by atoms with E-state index in [2.05, 4.69) is 58.7 Å². The molecule has 1 aliphatic rings. The van der Waals surface area contributed by atoms with Gasteiger partial charge in [-0.1, -0.05) is 24.3 Å². The Hall–Kier alpha value is -2.69. The zero-order valence-corrected chi connectivity index (χ0v) is 18.0. The molecule has 2 aromatic carbocycles. The maximum absolute atomic E-state index is 11.8. The van der Waals surface area contributed by atoms with Crippen LogP contribution in [0.25, 0.3) is 0 Å². The Bertz CT molecular complexity index is 779. The van der Waals surface area contributed by atoms with Gasteiger partial charge in [0.15, 0.2) is 0 Å². The van der Waals surface area contributed by atoms with Gasteiger partial charge in [0.25, 0.3) is 0 Å². The number of hydrogen-bond acceptors (Lipinski definition) is 3. The van der Waals surface area contributed by atoms with E-state index in [1.165, 1.54) is 11.3 Å². The van der Waals surface area contributed by atoms with Gasteiger partial charge in [-0.2, -0.15) is 0 Å². The fourth-order valence-corrected chi connectivity index (χ4v) is 3.85. The van der Waals surface area contributed by atoms with Crippen LogP contribution in [0.2, 0.25) is 0 Å². The van der Waals surface area contributed by atoms with E-state index >= 15 is 0 Å². The molecule has 1 fully saturated rings. The number of amides is 2. The van der Waals surface area contributed by atoms with Crippen LogP contribution in [-0.2, 0) is 0 Å². The number of nitrogens with one attached hydrogen (secondary N) is 1. The van der Waals surface area contributed by atoms with Gasteiger partial charge in [-0.05, 0) is 68.0 Å². The van der Waals surface area contributed by atoms with Crippen LogP contribution in [0.5, 0.6) is 5.75 Å². The normalized spacial score (nSPS) is 15.7. The highest BCUT2D eigenvalue weighted by molar-refractivity contribution is 5.74. The fourth-order valence-electron chi connectivity index (χ4n) is 3.85. The highest BCUT2D eigenvalue weighted by atomic mass is 16.5. The summed E-state index contributed by atoms with van der Waals surface area (Å²) in [6, 6.07) is 17.1. The van der Waals surface area contributed by atoms with Gasteiger partial charge >= 0.3 is 6.03 Å². The maximum atomic E-state index is 11.8. The largest absolute Gasteiger partial charge is 0.494 e. The van der Waals surface area contributed by atoms with Crippen molar-refractivity contribution in [2.45, 2.75) is 38.6 Å². The molecule has 29 heavy (non-hydrogen) atoms. The third-order valence-electron chi connectivity index (χ3n) is 5.66. The van der Waals surface area contributed by atoms with Gasteiger partial charge in [-0.15, -0.1) is 0 Å². The van der Waals surface area contributed by atoms with Crippen LogP contribution >= 0.6 is 0 Å². The summed E-state index contributed by atoms with van der Waals surface area (Å²) >= 11 is 0. The van der Waals surface area contributed by atoms with Crippen molar-refractivity contribution in [3.8, 4) is 5.75 Å². The molecule has 1 atom stereocenters. The second-order valence-electron chi connectivity index (χ2n) is 7.92. The van der Waals surface area contributed by atoms with Crippen LogP contribution < -0.4 is 15.0 Å². The molecular formula is C24H33N3O2. The number of nitrogens with zero attached hydrogens (tertiary/aromatic N) is 2. The monoisotopic (exact) mass is 395 g/mol. The Morgan fingerprint density at radius 1 is 1.10 bits per heavy atom. The summed E-state index contributed by atoms with van der Waals surface area (Å²) in [5.74, 6) is 1.52. The Labute approximate surface area is 174 Å². The van der Waals surface area contributed by atoms with Crippen LogP contribution in [0, 0.1) is 0 Å². The van der Waals surface area contributed by atoms with Crippen LogP contribution in [0.1, 0.15) is 49.8 Å². The number of hydrogen-bond donors (Lipinski definition) is 1. The van der Waals surface area contributed by atoms with Gasteiger partial charge in [-0.3, -0.25) is 0 Å². The molecule has 0 bridgehead atoms. The zero-order chi connectivity index (χ0) is 20.8. The minimum atomic E-state index is -0.0664. The number of urea groups is 1. The zero-order valence-electron chi connectivity index (χ0n) is 18.0. The molecule has 5 heteroatoms. The van der Waals surface area contributed by atoms with Crippen molar-refractivity contribution in [3.63, 3.8) is 0 Å². The molecule has 0 spiro atoms. The van der Waals surface area contributed by atoms with Gasteiger partial charge in [0, 0.05) is 32.9 Å². The number of anilines is 1. The molecule has 156 valence electrons. The lowest BCUT2D eigenvalue weighted by Crippen LogP contribution is -2.36. The van der Waals surface area contributed by atoms with E-state index in [1.807, 2.05) is 13.8 Å². The van der Waals surface area contributed by atoms with Crippen molar-refractivity contribution in [1.82, 2.24) is 10.2 Å². The number of carbonyl (C=O) groups is 1. The van der Waals surface area contributed by atoms with Crippen LogP contribution in [-0.4, -0.2) is 44.7 Å². The first-order chi connectivity index (χ1) is 14.0. The van der Waals surface area contributed by atoms with E-state index in [4.69, 9.17) is 4.74 Å². The van der Waals surface area contributed by atoms with Gasteiger partial charge in [-0.25, -0.2) is 4.79 Å². The quantitative estimate of drug-likeness (QED) is 0.764. The van der Waals surface area contributed by atoms with Gasteiger partial charge < -0.3 is 19.9 Å². The van der Waals surface area contributed by atoms with E-state index in [0.717, 1.165) is 37.2 Å². The van der Waals surface area contributed by atoms with Crippen molar-refractivity contribution in [2.24, 2.45) is 0 Å². The Balaban J connectivity index is 1.54. The molecule has 2 amide bonds. The molecule has 2 aromatic rings. The lowest BCUT2D eigenvalue weighted by Gasteiger charge is -2.34. The van der Waals surface area contributed by atoms with E-state index in [0.29, 0.717) is 12.5 Å². The van der Waals surface area contributed by atoms with E-state index in [9.17, 15) is 4.79 Å². The molecule has 1 aliphatic heterocycles. The molecule has 0 aromatic heterocycles. The number of carbonyl (C=O) groups excluding carboxylic acids is 1. The van der Waals surface area contributed by atoms with Gasteiger partial charge in [0.2, 0.25) is 0 Å². The van der Waals surface area contributed by atoms with E-state index < -0.39 is 0 Å². The lowest BCUT2D eigenvalue weighted by atomic mass is 9.88. The third-order valence-corrected chi connectivity index (χ3v) is 5.66. The van der Waals surface area contributed by atoms with E-state index in [1.54, 1.807) is 19.0 Å². The predicted octanol–water partition coefficient (Wildman–Crippen LogP) is 4.80. The molecule has 0 radical (unpaired) electrons. The smallest absolute Gasteiger partial charge is 0.317 e. The number of benzene rings is 2. The lowest BCUT2D eigenvalue weighted by molar-refractivity contribution is 0.214. The average molecular weight is 396 g/mol. The summed E-state index contributed by atoms with van der Waals surface area (Å²) in [5, 5.41) is 3.00. The molecule has 5 nitrogen and oxygen atoms in total. The number of piperidine rings is 1. The number of rotatable bonds is 6. The second-order valence-corrected chi connectivity index (χ2v) is 7.92. The molecule has 1 N–H and O–H groups in total. The average Bonchev–Trinajstić information content (AvgIpc) is 2.74. The molecule has 3 rings (SSSR count). The van der Waals surface area contributed by atoms with Crippen LogP contribution in [0.3, 0.4) is 0 Å². The third kappa shape index (κ3) is 5.43. The summed E-state index contributed by atoms with van der Waals surface area (Å²) in [6.07, 6.45) is 2.30. The molecule has 0 aliphatic carbocycles. The topological polar surface area (TPSA) is 44.8 Å². The summed E-state index contributed by atoms with van der Waals surface area (Å²) in [7, 11) is 3.51. The minimum Gasteiger partial charge on any atom is -0.494 e. The molecule has 1 saturated heterocycles. The van der Waals surface area contributed by atoms with Crippen molar-refractivity contribution < 1.29 is 9.53 Å². The first-order valence-corrected chi connectivity index (χ1v) is 10.5. The molecular weight excluding hydrogens is 362 g/mol. The van der Waals surface area contributed by atoms with Crippen LogP contribution in [0.15, 0.2) is 48.5 Å². The van der Waals surface area contributed by atoms with Crippen molar-refractivity contribution in [1.29, 1.82) is 0 Å². The Kier molecular flexibility index (Phi) is 7.02. The van der Waals surface area contributed by atoms with Gasteiger partial charge in [0.1, 0.15) is 5.75 Å². The SMILES string of the molecule is CCOc1ccc(N2CCC(c3ccc(C(C)NC(=O)N(C)C)cc3)CC2)cc1. The summed E-state index contributed by atoms with van der Waals surface area (Å²) < 4.78 is 5.54. The summed E-state index contributed by atoms with van der Waals surface area (Å²) in [6.45, 7) is 6.85. The van der Waals surface area contributed by atoms with E-state index in [-0.39, 0.29) is 12.1 Å². The highest BCUT2D eigenvalue weighted by Crippen LogP contribution is 2.31. The molecule has 0 saturated carbocycles. The Morgan fingerprint density at radius 2 is 1.72 bits per heavy atom. The van der Waals surface area contributed by atoms with Crippen LogP contribution in [0.4, 0.5) is 10.5 Å². The van der Waals surface area contributed by atoms with Crippen molar-refractivity contribution in [3.05, 3.63) is 59.7 Å². The Morgan fingerprint density at radius 3 is 2.28 bits per heavy atom. The fraction of sp³-hybridized carbons (Fsp3) is 0.458. The number of ether oxygens (including phenoxy) is 1. The maximum Gasteiger partial charge on any atom is 0.317 e. The van der Waals surface area contributed by atoms with Crippen molar-refractivity contribution >= 4 is 11.7 Å². The highest BCUT2D eigenvalue weighted by Gasteiger charge is 2.21. The molecule has 1 heterocycles. The van der Waals surface area contributed by atoms with Gasteiger partial charge in [0.05, 0.1) is 12.6 Å². The van der Waals surface area contributed by atoms with Crippen molar-refractivity contribution in [2.75, 3.05) is 38.7 Å². The standard InChI is InChI=1S/C24H33N3O2/c1-5-29-23-12-10-22(11-13-23)27-16-14-21(15-17-27)20-8-6-19(7-9-20)18(2)25-24(28)26(3)4/h6-13,18,21H,5,14-17H2,1-4H3,(H,25,28). The summed E-state index contributed by atoms with van der Waals surface area (Å²) in [5.41, 5.74) is 3.80. The minimum absolute atomic E-state index is 0.000423. The molecule has 1 unspecified atom stereocenters. The summed E-state index contributed by atoms with van der Waals surface area (Å²) in [4.78, 5) is 15.9. The second kappa shape index (κ2) is 9.68. The first kappa shape index (κ1) is 21.0. The first-order valence-electron chi connectivity index (χ1n) is 10.5. The predicted molar refractivity (Wildman–Crippen MR) is 119 cm³/mol.